The minimum absolute atomic E-state index is 0.0889. The van der Waals surface area contributed by atoms with Gasteiger partial charge in [0.2, 0.25) is 0 Å². The first-order chi connectivity index (χ1) is 14.8. The van der Waals surface area contributed by atoms with Crippen molar-refractivity contribution in [2.45, 2.75) is 83.1 Å². The summed E-state index contributed by atoms with van der Waals surface area (Å²) in [7, 11) is 0. The van der Waals surface area contributed by atoms with Gasteiger partial charge in [0.15, 0.2) is 24.5 Å². The second-order valence-corrected chi connectivity index (χ2v) is 8.99. The number of ether oxygens (including phenoxy) is 3. The first kappa shape index (κ1) is 24.3. The van der Waals surface area contributed by atoms with Crippen molar-refractivity contribution in [1.29, 1.82) is 0 Å². The summed E-state index contributed by atoms with van der Waals surface area (Å²) in [6.07, 6.45) is 5.03. The van der Waals surface area contributed by atoms with Gasteiger partial charge in [-0.1, -0.05) is 25.8 Å². The molecule has 7 heteroatoms. The molecule has 0 spiro atoms. The molecule has 176 valence electrons. The molecule has 1 aliphatic heterocycles. The molecule has 1 aliphatic carbocycles. The largest absolute Gasteiger partial charge is 0.481 e. The van der Waals surface area contributed by atoms with Gasteiger partial charge in [-0.05, 0) is 74.5 Å². The van der Waals surface area contributed by atoms with Crippen LogP contribution in [0.5, 0.6) is 5.75 Å². The summed E-state index contributed by atoms with van der Waals surface area (Å²) in [5.41, 5.74) is 0.840. The average Bonchev–Trinajstić information content (AvgIpc) is 2.76. The molecule has 31 heavy (non-hydrogen) atoms. The van der Waals surface area contributed by atoms with E-state index in [-0.39, 0.29) is 18.0 Å². The quantitative estimate of drug-likeness (QED) is 0.382. The topological polar surface area (TPSA) is 27.7 Å². The van der Waals surface area contributed by atoms with Crippen molar-refractivity contribution in [3.63, 3.8) is 0 Å². The molecule has 2 fully saturated rings. The summed E-state index contributed by atoms with van der Waals surface area (Å²) in [4.78, 5) is 0. The third kappa shape index (κ3) is 7.94. The molecule has 0 aromatic heterocycles. The first-order valence-corrected chi connectivity index (χ1v) is 11.6. The molecule has 0 radical (unpaired) electrons. The lowest BCUT2D eigenvalue weighted by Gasteiger charge is -2.32. The van der Waals surface area contributed by atoms with Crippen molar-refractivity contribution in [3.05, 3.63) is 29.6 Å². The van der Waals surface area contributed by atoms with Crippen LogP contribution < -0.4 is 4.74 Å². The monoisotopic (exact) mass is 446 g/mol. The van der Waals surface area contributed by atoms with Crippen LogP contribution in [0.15, 0.2) is 18.2 Å². The standard InChI is InChI=1S/C24H34F4O3/c1-2-3-4-18-14-29-23(30-15-18)12-7-17-5-8-19(9-6-17)20-10-11-22(21(25)13-20)31-16-24(26,27)28/h10-11,13,17-19,23H,2-9,12,14-16H2,1H3. The molecule has 1 saturated carbocycles. The Balaban J connectivity index is 1.37. The molecular formula is C24H34F4O3. The summed E-state index contributed by atoms with van der Waals surface area (Å²) in [6, 6.07) is 4.34. The van der Waals surface area contributed by atoms with E-state index in [0.717, 1.165) is 57.3 Å². The number of rotatable bonds is 9. The fraction of sp³-hybridized carbons (Fsp3) is 0.750. The second kappa shape index (κ2) is 11.5. The number of benzene rings is 1. The van der Waals surface area contributed by atoms with Gasteiger partial charge in [-0.15, -0.1) is 0 Å². The average molecular weight is 447 g/mol. The predicted molar refractivity (Wildman–Crippen MR) is 111 cm³/mol. The molecule has 0 unspecified atom stereocenters. The van der Waals surface area contributed by atoms with E-state index in [1.807, 2.05) is 0 Å². The van der Waals surface area contributed by atoms with E-state index in [0.29, 0.717) is 11.8 Å². The molecule has 2 aliphatic rings. The van der Waals surface area contributed by atoms with Crippen LogP contribution in [0.3, 0.4) is 0 Å². The maximum atomic E-state index is 14.2. The summed E-state index contributed by atoms with van der Waals surface area (Å²) in [6.45, 7) is 2.31. The first-order valence-electron chi connectivity index (χ1n) is 11.6. The maximum Gasteiger partial charge on any atom is 0.422 e. The summed E-state index contributed by atoms with van der Waals surface area (Å²) in [5.74, 6) is 0.300. The van der Waals surface area contributed by atoms with Crippen molar-refractivity contribution in [2.24, 2.45) is 11.8 Å². The van der Waals surface area contributed by atoms with Gasteiger partial charge >= 0.3 is 6.18 Å². The Morgan fingerprint density at radius 3 is 2.29 bits per heavy atom. The van der Waals surface area contributed by atoms with Crippen molar-refractivity contribution in [2.75, 3.05) is 19.8 Å². The summed E-state index contributed by atoms with van der Waals surface area (Å²) < 4.78 is 67.3. The molecule has 1 saturated heterocycles. The van der Waals surface area contributed by atoms with Gasteiger partial charge in [0.25, 0.3) is 0 Å². The molecule has 3 rings (SSSR count). The van der Waals surface area contributed by atoms with Gasteiger partial charge in [-0.25, -0.2) is 4.39 Å². The molecule has 3 nitrogen and oxygen atoms in total. The van der Waals surface area contributed by atoms with E-state index in [1.165, 1.54) is 31.4 Å². The second-order valence-electron chi connectivity index (χ2n) is 8.99. The molecule has 0 N–H and O–H groups in total. The Morgan fingerprint density at radius 1 is 0.968 bits per heavy atom. The Morgan fingerprint density at radius 2 is 1.68 bits per heavy atom. The van der Waals surface area contributed by atoms with E-state index < -0.39 is 18.6 Å². The Labute approximate surface area is 182 Å². The van der Waals surface area contributed by atoms with Gasteiger partial charge in [-0.3, -0.25) is 0 Å². The molecule has 0 atom stereocenters. The zero-order chi connectivity index (χ0) is 22.3. The number of hydrogen-bond donors (Lipinski definition) is 0. The third-order valence-electron chi connectivity index (χ3n) is 6.48. The Hall–Kier alpha value is -1.34. The fourth-order valence-electron chi connectivity index (χ4n) is 4.61. The van der Waals surface area contributed by atoms with Crippen molar-refractivity contribution < 1.29 is 31.8 Å². The highest BCUT2D eigenvalue weighted by molar-refractivity contribution is 5.31. The molecule has 0 amide bonds. The van der Waals surface area contributed by atoms with E-state index >= 15 is 0 Å². The Kier molecular flexibility index (Phi) is 9.02. The van der Waals surface area contributed by atoms with Crippen LogP contribution in [0.25, 0.3) is 0 Å². The van der Waals surface area contributed by atoms with Gasteiger partial charge in [-0.2, -0.15) is 13.2 Å². The smallest absolute Gasteiger partial charge is 0.422 e. The highest BCUT2D eigenvalue weighted by Gasteiger charge is 2.29. The van der Waals surface area contributed by atoms with Crippen LogP contribution in [0, 0.1) is 17.7 Å². The lowest BCUT2D eigenvalue weighted by atomic mass is 9.77. The molecule has 0 bridgehead atoms. The SMILES string of the molecule is CCCCC1COC(CCC2CCC(c3ccc(OCC(F)(F)F)c(F)c3)CC2)OC1. The molecule has 1 aromatic rings. The van der Waals surface area contributed by atoms with Gasteiger partial charge in [0, 0.05) is 5.92 Å². The highest BCUT2D eigenvalue weighted by Crippen LogP contribution is 2.39. The summed E-state index contributed by atoms with van der Waals surface area (Å²) in [5, 5.41) is 0. The summed E-state index contributed by atoms with van der Waals surface area (Å²) >= 11 is 0. The van der Waals surface area contributed by atoms with Crippen LogP contribution in [-0.4, -0.2) is 32.3 Å². The zero-order valence-corrected chi connectivity index (χ0v) is 18.3. The fourth-order valence-corrected chi connectivity index (χ4v) is 4.61. The lowest BCUT2D eigenvalue weighted by molar-refractivity contribution is -0.205. The van der Waals surface area contributed by atoms with Crippen LogP contribution in [0.4, 0.5) is 17.6 Å². The van der Waals surface area contributed by atoms with Gasteiger partial charge in [0.1, 0.15) is 0 Å². The van der Waals surface area contributed by atoms with Crippen molar-refractivity contribution in [3.8, 4) is 5.75 Å². The lowest BCUT2D eigenvalue weighted by Crippen LogP contribution is -2.32. The molecular weight excluding hydrogens is 412 g/mol. The van der Waals surface area contributed by atoms with Crippen molar-refractivity contribution in [1.82, 2.24) is 0 Å². The number of alkyl halides is 3. The van der Waals surface area contributed by atoms with E-state index in [9.17, 15) is 17.6 Å². The van der Waals surface area contributed by atoms with E-state index in [1.54, 1.807) is 6.07 Å². The predicted octanol–water partition coefficient (Wildman–Crippen LogP) is 7.00. The zero-order valence-electron chi connectivity index (χ0n) is 18.3. The minimum atomic E-state index is -4.48. The van der Waals surface area contributed by atoms with E-state index in [2.05, 4.69) is 11.7 Å². The number of unbranched alkanes of at least 4 members (excludes halogenated alkanes) is 1. The normalized spacial score (nSPS) is 27.3. The Bertz CT molecular complexity index is 663. The van der Waals surface area contributed by atoms with E-state index in [4.69, 9.17) is 9.47 Å². The van der Waals surface area contributed by atoms with Crippen LogP contribution in [0.2, 0.25) is 0 Å². The maximum absolute atomic E-state index is 14.2. The minimum Gasteiger partial charge on any atom is -0.481 e. The van der Waals surface area contributed by atoms with Crippen LogP contribution >= 0.6 is 0 Å². The number of halogens is 4. The molecule has 1 aromatic carbocycles. The van der Waals surface area contributed by atoms with Gasteiger partial charge < -0.3 is 14.2 Å². The molecule has 1 heterocycles. The van der Waals surface area contributed by atoms with Crippen LogP contribution in [0.1, 0.15) is 76.2 Å². The van der Waals surface area contributed by atoms with Crippen LogP contribution in [-0.2, 0) is 9.47 Å². The number of hydrogen-bond acceptors (Lipinski definition) is 3. The van der Waals surface area contributed by atoms with Gasteiger partial charge in [0.05, 0.1) is 13.2 Å². The third-order valence-corrected chi connectivity index (χ3v) is 6.48. The van der Waals surface area contributed by atoms with Crippen molar-refractivity contribution >= 4 is 0 Å². The highest BCUT2D eigenvalue weighted by atomic mass is 19.4.